The van der Waals surface area contributed by atoms with Gasteiger partial charge in [0.05, 0.1) is 6.33 Å². The number of hydrogen-bond acceptors (Lipinski definition) is 4. The molecule has 1 rings (SSSR count). The highest BCUT2D eigenvalue weighted by atomic mass is 32.2. The van der Waals surface area contributed by atoms with E-state index >= 15 is 0 Å². The zero-order valence-corrected chi connectivity index (χ0v) is 12.6. The number of nitrogens with zero attached hydrogens (tertiary/aromatic N) is 1. The summed E-state index contributed by atoms with van der Waals surface area (Å²) in [6, 6.07) is -1.48. The lowest BCUT2D eigenvalue weighted by molar-refractivity contribution is -0.139. The number of aliphatic carboxylic acids is 1. The number of rotatable bonds is 7. The third-order valence-electron chi connectivity index (χ3n) is 2.81. The van der Waals surface area contributed by atoms with Crippen molar-refractivity contribution in [2.24, 2.45) is 0 Å². The third kappa shape index (κ3) is 5.52. The summed E-state index contributed by atoms with van der Waals surface area (Å²) in [5, 5.41) is 14.2. The van der Waals surface area contributed by atoms with Gasteiger partial charge in [0, 0.05) is 29.6 Å². The van der Waals surface area contributed by atoms with Gasteiger partial charge in [-0.15, -0.1) is 0 Å². The van der Waals surface area contributed by atoms with Gasteiger partial charge in [0.2, 0.25) is 0 Å². The van der Waals surface area contributed by atoms with E-state index in [2.05, 4.69) is 20.6 Å². The first-order chi connectivity index (χ1) is 9.34. The summed E-state index contributed by atoms with van der Waals surface area (Å²) < 4.78 is -0.0978. The Kier molecular flexibility index (Phi) is 5.87. The van der Waals surface area contributed by atoms with Crippen LogP contribution >= 0.6 is 11.8 Å². The molecule has 2 amide bonds. The van der Waals surface area contributed by atoms with Crippen LogP contribution in [0.3, 0.4) is 0 Å². The molecule has 4 N–H and O–H groups in total. The summed E-state index contributed by atoms with van der Waals surface area (Å²) in [4.78, 5) is 29.5. The molecule has 0 bridgehead atoms. The minimum absolute atomic E-state index is 0.0978. The molecule has 0 aliphatic rings. The average molecular weight is 300 g/mol. The molecule has 1 unspecified atom stereocenters. The molecule has 7 nitrogen and oxygen atoms in total. The van der Waals surface area contributed by atoms with Crippen LogP contribution in [0.5, 0.6) is 0 Å². The highest BCUT2D eigenvalue weighted by Crippen LogP contribution is 2.19. The first-order valence-electron chi connectivity index (χ1n) is 6.13. The number of aromatic amines is 1. The highest BCUT2D eigenvalue weighted by Gasteiger charge is 2.22. The third-order valence-corrected chi connectivity index (χ3v) is 4.06. The molecule has 1 atom stereocenters. The van der Waals surface area contributed by atoms with Gasteiger partial charge in [0.25, 0.3) is 0 Å². The summed E-state index contributed by atoms with van der Waals surface area (Å²) in [6.45, 7) is 4.45. The van der Waals surface area contributed by atoms with E-state index in [-0.39, 0.29) is 11.2 Å². The van der Waals surface area contributed by atoms with Gasteiger partial charge >= 0.3 is 12.0 Å². The van der Waals surface area contributed by atoms with E-state index in [1.807, 2.05) is 20.1 Å². The van der Waals surface area contributed by atoms with Crippen LogP contribution in [-0.2, 0) is 11.2 Å². The Morgan fingerprint density at radius 3 is 2.75 bits per heavy atom. The first-order valence-corrected chi connectivity index (χ1v) is 7.36. The highest BCUT2D eigenvalue weighted by molar-refractivity contribution is 7.99. The van der Waals surface area contributed by atoms with E-state index in [4.69, 9.17) is 5.11 Å². The van der Waals surface area contributed by atoms with Crippen molar-refractivity contribution in [3.8, 4) is 0 Å². The lowest BCUT2D eigenvalue weighted by atomic mass is 10.1. The molecule has 0 aliphatic heterocycles. The van der Waals surface area contributed by atoms with Crippen LogP contribution < -0.4 is 10.6 Å². The predicted molar refractivity (Wildman–Crippen MR) is 77.8 cm³/mol. The molecule has 1 aromatic heterocycles. The Morgan fingerprint density at radius 1 is 1.55 bits per heavy atom. The topological polar surface area (TPSA) is 107 Å². The maximum atomic E-state index is 11.7. The molecular formula is C12H20N4O3S. The normalized spacial score (nSPS) is 12.8. The molecular weight excluding hydrogens is 280 g/mol. The van der Waals surface area contributed by atoms with Gasteiger partial charge in [-0.05, 0) is 20.1 Å². The summed E-state index contributed by atoms with van der Waals surface area (Å²) in [5.74, 6) is -1.08. The molecule has 0 saturated heterocycles. The Bertz CT molecular complexity index is 448. The molecule has 0 fully saturated rings. The molecule has 112 valence electrons. The number of hydrogen-bond donors (Lipinski definition) is 4. The zero-order chi connectivity index (χ0) is 15.2. The SMILES string of the molecule is CSC(C)(C)CNC(=O)NC(Cc1cnc[nH]1)C(=O)O. The van der Waals surface area contributed by atoms with Crippen molar-refractivity contribution < 1.29 is 14.7 Å². The second-order valence-corrected chi connectivity index (χ2v) is 6.48. The number of thioether (sulfide) groups is 1. The Balaban J connectivity index is 2.49. The van der Waals surface area contributed by atoms with Gasteiger partial charge < -0.3 is 20.7 Å². The number of carbonyl (C=O) groups excluding carboxylic acids is 1. The summed E-state index contributed by atoms with van der Waals surface area (Å²) in [6.07, 6.45) is 5.12. The second-order valence-electron chi connectivity index (χ2n) is 4.96. The van der Waals surface area contributed by atoms with E-state index in [0.29, 0.717) is 12.2 Å². The first kappa shape index (κ1) is 16.4. The van der Waals surface area contributed by atoms with Crippen LogP contribution in [-0.4, -0.2) is 50.7 Å². The van der Waals surface area contributed by atoms with Gasteiger partial charge in [-0.25, -0.2) is 14.6 Å². The smallest absolute Gasteiger partial charge is 0.326 e. The summed E-state index contributed by atoms with van der Waals surface area (Å²) >= 11 is 1.63. The Morgan fingerprint density at radius 2 is 2.25 bits per heavy atom. The standard InChI is InChI=1S/C12H20N4O3S/c1-12(2,20-3)6-14-11(19)16-9(10(17)18)4-8-5-13-7-15-8/h5,7,9H,4,6H2,1-3H3,(H,13,15)(H,17,18)(H2,14,16,19). The van der Waals surface area contributed by atoms with E-state index in [0.717, 1.165) is 0 Å². The summed E-state index contributed by atoms with van der Waals surface area (Å²) in [5.41, 5.74) is 0.655. The number of amides is 2. The number of urea groups is 1. The lowest BCUT2D eigenvalue weighted by Gasteiger charge is -2.23. The van der Waals surface area contributed by atoms with Crippen molar-refractivity contribution in [1.29, 1.82) is 0 Å². The molecule has 0 aromatic carbocycles. The molecule has 20 heavy (non-hydrogen) atoms. The molecule has 0 aliphatic carbocycles. The number of nitrogens with one attached hydrogen (secondary N) is 3. The maximum Gasteiger partial charge on any atom is 0.326 e. The van der Waals surface area contributed by atoms with Crippen LogP contribution in [0, 0.1) is 0 Å². The monoisotopic (exact) mass is 300 g/mol. The number of carboxylic acids is 1. The van der Waals surface area contributed by atoms with Crippen LogP contribution in [0.1, 0.15) is 19.5 Å². The molecule has 0 radical (unpaired) electrons. The fourth-order valence-electron chi connectivity index (χ4n) is 1.39. The van der Waals surface area contributed by atoms with Crippen LogP contribution in [0.2, 0.25) is 0 Å². The quantitative estimate of drug-likeness (QED) is 0.597. The Labute approximate surface area is 121 Å². The number of H-pyrrole nitrogens is 1. The van der Waals surface area contributed by atoms with Crippen LogP contribution in [0.4, 0.5) is 4.79 Å². The summed E-state index contributed by atoms with van der Waals surface area (Å²) in [7, 11) is 0. The minimum atomic E-state index is -1.08. The van der Waals surface area contributed by atoms with Crippen molar-refractivity contribution in [2.75, 3.05) is 12.8 Å². The molecule has 8 heteroatoms. The number of imidazole rings is 1. The Hall–Kier alpha value is -1.70. The molecule has 1 heterocycles. The molecule has 0 spiro atoms. The van der Waals surface area contributed by atoms with Crippen molar-refractivity contribution in [3.63, 3.8) is 0 Å². The van der Waals surface area contributed by atoms with Crippen LogP contribution in [0.25, 0.3) is 0 Å². The predicted octanol–water partition coefficient (Wildman–Crippen LogP) is 0.846. The van der Waals surface area contributed by atoms with E-state index in [1.54, 1.807) is 11.8 Å². The molecule has 0 saturated carbocycles. The van der Waals surface area contributed by atoms with Crippen molar-refractivity contribution in [1.82, 2.24) is 20.6 Å². The van der Waals surface area contributed by atoms with Crippen molar-refractivity contribution >= 4 is 23.8 Å². The van der Waals surface area contributed by atoms with Crippen molar-refractivity contribution in [3.05, 3.63) is 18.2 Å². The van der Waals surface area contributed by atoms with Gasteiger partial charge in [-0.2, -0.15) is 11.8 Å². The fourth-order valence-corrected chi connectivity index (χ4v) is 1.61. The van der Waals surface area contributed by atoms with E-state index in [1.165, 1.54) is 12.5 Å². The largest absolute Gasteiger partial charge is 0.480 e. The fraction of sp³-hybridized carbons (Fsp3) is 0.583. The maximum absolute atomic E-state index is 11.7. The zero-order valence-electron chi connectivity index (χ0n) is 11.8. The van der Waals surface area contributed by atoms with Gasteiger partial charge in [-0.1, -0.05) is 0 Å². The van der Waals surface area contributed by atoms with E-state index < -0.39 is 18.0 Å². The van der Waals surface area contributed by atoms with E-state index in [9.17, 15) is 9.59 Å². The van der Waals surface area contributed by atoms with Gasteiger partial charge in [0.1, 0.15) is 6.04 Å². The van der Waals surface area contributed by atoms with Gasteiger partial charge in [0.15, 0.2) is 0 Å². The number of carboxylic acid groups (broad SMARTS) is 1. The number of aromatic nitrogens is 2. The molecule has 1 aromatic rings. The van der Waals surface area contributed by atoms with Crippen LogP contribution in [0.15, 0.2) is 12.5 Å². The second kappa shape index (κ2) is 7.18. The van der Waals surface area contributed by atoms with Gasteiger partial charge in [-0.3, -0.25) is 0 Å². The average Bonchev–Trinajstić information content (AvgIpc) is 2.88. The van der Waals surface area contributed by atoms with Crippen molar-refractivity contribution in [2.45, 2.75) is 31.1 Å². The number of carbonyl (C=O) groups is 2. The minimum Gasteiger partial charge on any atom is -0.480 e. The lowest BCUT2D eigenvalue weighted by Crippen LogP contribution is -2.49.